The molecule has 0 spiro atoms. The minimum atomic E-state index is -0.557. The van der Waals surface area contributed by atoms with Gasteiger partial charge < -0.3 is 30.3 Å². The van der Waals surface area contributed by atoms with Gasteiger partial charge in [0.1, 0.15) is 16.9 Å². The van der Waals surface area contributed by atoms with Crippen molar-refractivity contribution in [1.82, 2.24) is 24.8 Å². The van der Waals surface area contributed by atoms with Gasteiger partial charge in [0.25, 0.3) is 0 Å². The Morgan fingerprint density at radius 3 is 2.44 bits per heavy atom. The zero-order chi connectivity index (χ0) is 29.0. The molecule has 5 rings (SSSR count). The van der Waals surface area contributed by atoms with E-state index in [-0.39, 0.29) is 11.8 Å². The van der Waals surface area contributed by atoms with Gasteiger partial charge in [-0.2, -0.15) is 0 Å². The van der Waals surface area contributed by atoms with E-state index in [0.29, 0.717) is 42.6 Å². The zero-order valence-corrected chi connectivity index (χ0v) is 24.0. The van der Waals surface area contributed by atoms with E-state index in [2.05, 4.69) is 30.9 Å². The molecule has 2 fully saturated rings. The number of rotatable bonds is 8. The number of amides is 2. The third kappa shape index (κ3) is 7.30. The highest BCUT2D eigenvalue weighted by molar-refractivity contribution is 5.94. The number of likely N-dealkylation sites (tertiary alicyclic amines) is 1. The molecule has 12 heteroatoms. The van der Waals surface area contributed by atoms with Crippen molar-refractivity contribution in [2.45, 2.75) is 58.1 Å². The second-order valence-corrected chi connectivity index (χ2v) is 11.7. The van der Waals surface area contributed by atoms with Gasteiger partial charge in [0, 0.05) is 37.3 Å². The van der Waals surface area contributed by atoms with Crippen LogP contribution < -0.4 is 20.7 Å². The quantitative estimate of drug-likeness (QED) is 0.363. The van der Waals surface area contributed by atoms with Gasteiger partial charge in [0.2, 0.25) is 17.7 Å². The molecule has 1 saturated carbocycles. The van der Waals surface area contributed by atoms with Crippen molar-refractivity contribution in [2.75, 3.05) is 42.7 Å². The lowest BCUT2D eigenvalue weighted by atomic mass is 9.86. The van der Waals surface area contributed by atoms with E-state index >= 15 is 0 Å². The first-order valence-corrected chi connectivity index (χ1v) is 14.1. The predicted octanol–water partition coefficient (Wildman–Crippen LogP) is 4.32. The van der Waals surface area contributed by atoms with E-state index in [1.165, 1.54) is 4.90 Å². The Morgan fingerprint density at radius 1 is 1.02 bits per heavy atom. The average Bonchev–Trinajstić information content (AvgIpc) is 2.91. The predicted molar refractivity (Wildman–Crippen MR) is 156 cm³/mol. The summed E-state index contributed by atoms with van der Waals surface area (Å²) in [5, 5.41) is 10.7. The van der Waals surface area contributed by atoms with Crippen molar-refractivity contribution < 1.29 is 19.1 Å². The summed E-state index contributed by atoms with van der Waals surface area (Å²) < 4.78 is 10.7. The lowest BCUT2D eigenvalue weighted by Gasteiger charge is -2.38. The molecule has 218 valence electrons. The summed E-state index contributed by atoms with van der Waals surface area (Å²) in [6.07, 6.45) is 8.79. The van der Waals surface area contributed by atoms with Crippen molar-refractivity contribution in [3.8, 4) is 5.88 Å². The lowest BCUT2D eigenvalue weighted by molar-refractivity contribution is -0.124. The highest BCUT2D eigenvalue weighted by Crippen LogP contribution is 2.28. The number of aromatic nitrogens is 4. The molecule has 2 amide bonds. The maximum Gasteiger partial charge on any atom is 0.410 e. The molecule has 3 aromatic heterocycles. The maximum atomic E-state index is 12.5. The first-order chi connectivity index (χ1) is 19.7. The fraction of sp³-hybridized carbons (Fsp3) is 0.517. The summed E-state index contributed by atoms with van der Waals surface area (Å²) in [5.41, 5.74) is 0.729. The maximum absolute atomic E-state index is 12.5. The number of carbonyl (C=O) groups is 2. The molecule has 41 heavy (non-hydrogen) atoms. The summed E-state index contributed by atoms with van der Waals surface area (Å²) in [5.74, 6) is 1.99. The standard InChI is InChI=1S/C29H38N8O4/c1-29(2,3)41-28(39)37-16-20(17-37)25(38)35-22-14-32-27(33-15-22)31-13-18-5-8-21(9-6-18)34-23-10-7-19-11-12-30-26(40-4)24(19)36-23/h7,10-12,14-15,18,20-21H,5-6,8-9,13,16-17H2,1-4H3,(H,34,36)(H,35,38)(H,31,32,33)/t18-,21-. The van der Waals surface area contributed by atoms with Crippen LogP contribution in [-0.4, -0.2) is 75.2 Å². The Morgan fingerprint density at radius 2 is 1.76 bits per heavy atom. The molecular formula is C29H38N8O4. The van der Waals surface area contributed by atoms with Crippen molar-refractivity contribution in [1.29, 1.82) is 0 Å². The third-order valence-electron chi connectivity index (χ3n) is 7.34. The van der Waals surface area contributed by atoms with Gasteiger partial charge in [-0.05, 0) is 70.6 Å². The minimum absolute atomic E-state index is 0.158. The Labute approximate surface area is 239 Å². The van der Waals surface area contributed by atoms with Crippen LogP contribution in [0.25, 0.3) is 10.9 Å². The van der Waals surface area contributed by atoms with Gasteiger partial charge in [-0.1, -0.05) is 0 Å². The summed E-state index contributed by atoms with van der Waals surface area (Å²) in [6.45, 7) is 6.92. The molecule has 1 saturated heterocycles. The van der Waals surface area contributed by atoms with E-state index in [4.69, 9.17) is 14.5 Å². The summed E-state index contributed by atoms with van der Waals surface area (Å²) in [7, 11) is 1.61. The van der Waals surface area contributed by atoms with Gasteiger partial charge in [-0.25, -0.2) is 24.7 Å². The lowest BCUT2D eigenvalue weighted by Crippen LogP contribution is -2.55. The normalized spacial score (nSPS) is 19.3. The van der Waals surface area contributed by atoms with Crippen LogP contribution in [0.4, 0.5) is 22.2 Å². The van der Waals surface area contributed by atoms with Gasteiger partial charge in [0.15, 0.2) is 0 Å². The van der Waals surface area contributed by atoms with Gasteiger partial charge in [-0.3, -0.25) is 4.79 Å². The topological polar surface area (TPSA) is 143 Å². The molecule has 1 aliphatic carbocycles. The number of hydrogen-bond acceptors (Lipinski definition) is 10. The smallest absolute Gasteiger partial charge is 0.410 e. The molecule has 0 bridgehead atoms. The molecule has 0 unspecified atom stereocenters. The number of anilines is 3. The Bertz CT molecular complexity index is 1360. The number of ether oxygens (including phenoxy) is 2. The molecule has 0 radical (unpaired) electrons. The van der Waals surface area contributed by atoms with E-state index < -0.39 is 11.7 Å². The number of carbonyl (C=O) groups excluding carboxylic acids is 2. The number of fused-ring (bicyclic) bond motifs is 1. The van der Waals surface area contributed by atoms with Crippen molar-refractivity contribution >= 4 is 40.4 Å². The van der Waals surface area contributed by atoms with Crippen LogP contribution in [0.1, 0.15) is 46.5 Å². The fourth-order valence-electron chi connectivity index (χ4n) is 5.06. The molecule has 3 N–H and O–H groups in total. The Kier molecular flexibility index (Phi) is 8.36. The number of methoxy groups -OCH3 is 1. The van der Waals surface area contributed by atoms with Crippen LogP contribution >= 0.6 is 0 Å². The largest absolute Gasteiger partial charge is 0.479 e. The Hall–Kier alpha value is -4.22. The second-order valence-electron chi connectivity index (χ2n) is 11.7. The minimum Gasteiger partial charge on any atom is -0.479 e. The summed E-state index contributed by atoms with van der Waals surface area (Å²) in [4.78, 5) is 43.8. The Balaban J connectivity index is 1.02. The van der Waals surface area contributed by atoms with E-state index in [1.54, 1.807) is 25.7 Å². The number of nitrogens with one attached hydrogen (secondary N) is 3. The number of pyridine rings is 2. The van der Waals surface area contributed by atoms with E-state index in [1.807, 2.05) is 39.0 Å². The number of nitrogens with zero attached hydrogens (tertiary/aromatic N) is 5. The van der Waals surface area contributed by atoms with Gasteiger partial charge in [-0.15, -0.1) is 0 Å². The van der Waals surface area contributed by atoms with Crippen LogP contribution in [0.3, 0.4) is 0 Å². The second kappa shape index (κ2) is 12.1. The first kappa shape index (κ1) is 28.3. The summed E-state index contributed by atoms with van der Waals surface area (Å²) >= 11 is 0. The SMILES string of the molecule is COc1nccc2ccc(N[C@H]3CC[C@H](CNc4ncc(NC(=O)C5CN(C(=O)OC(C)(C)C)C5)cn4)CC3)nc12. The van der Waals surface area contributed by atoms with Crippen LogP contribution in [-0.2, 0) is 9.53 Å². The molecule has 12 nitrogen and oxygen atoms in total. The first-order valence-electron chi connectivity index (χ1n) is 14.1. The van der Waals surface area contributed by atoms with Crippen molar-refractivity contribution in [3.05, 3.63) is 36.8 Å². The fourth-order valence-corrected chi connectivity index (χ4v) is 5.06. The van der Waals surface area contributed by atoms with Crippen LogP contribution in [0.5, 0.6) is 5.88 Å². The third-order valence-corrected chi connectivity index (χ3v) is 7.34. The molecule has 2 aliphatic rings. The van der Waals surface area contributed by atoms with E-state index in [0.717, 1.165) is 48.9 Å². The van der Waals surface area contributed by atoms with Gasteiger partial charge >= 0.3 is 6.09 Å². The summed E-state index contributed by atoms with van der Waals surface area (Å²) in [6, 6.07) is 6.33. The highest BCUT2D eigenvalue weighted by Gasteiger charge is 2.38. The molecule has 1 aliphatic heterocycles. The van der Waals surface area contributed by atoms with Gasteiger partial charge in [0.05, 0.1) is 31.1 Å². The average molecular weight is 563 g/mol. The molecular weight excluding hydrogens is 524 g/mol. The molecule has 4 heterocycles. The van der Waals surface area contributed by atoms with Crippen LogP contribution in [0.15, 0.2) is 36.8 Å². The van der Waals surface area contributed by atoms with E-state index in [9.17, 15) is 9.59 Å². The highest BCUT2D eigenvalue weighted by atomic mass is 16.6. The van der Waals surface area contributed by atoms with Crippen LogP contribution in [0.2, 0.25) is 0 Å². The van der Waals surface area contributed by atoms with Crippen molar-refractivity contribution in [3.63, 3.8) is 0 Å². The molecule has 0 atom stereocenters. The molecule has 3 aromatic rings. The number of hydrogen-bond donors (Lipinski definition) is 3. The zero-order valence-electron chi connectivity index (χ0n) is 24.0. The monoisotopic (exact) mass is 562 g/mol. The van der Waals surface area contributed by atoms with Crippen LogP contribution in [0, 0.1) is 11.8 Å². The molecule has 0 aromatic carbocycles. The van der Waals surface area contributed by atoms with Crippen molar-refractivity contribution in [2.24, 2.45) is 11.8 Å².